The number of likely N-dealkylation sites (tertiary alicyclic amines) is 1. The van der Waals surface area contributed by atoms with Crippen molar-refractivity contribution < 1.29 is 9.18 Å². The number of pyridine rings is 1. The monoisotopic (exact) mass is 657 g/mol. The number of aromatic nitrogens is 4. The van der Waals surface area contributed by atoms with Crippen molar-refractivity contribution in [1.82, 2.24) is 34.7 Å². The number of benzene rings is 2. The molecule has 2 aliphatic heterocycles. The summed E-state index contributed by atoms with van der Waals surface area (Å²) in [5, 5.41) is 20.2. The lowest BCUT2D eigenvalue weighted by molar-refractivity contribution is -0.130. The zero-order valence-corrected chi connectivity index (χ0v) is 28.6. The summed E-state index contributed by atoms with van der Waals surface area (Å²) in [7, 11) is 7.99. The highest BCUT2D eigenvalue weighted by atomic mass is 35.5. The van der Waals surface area contributed by atoms with E-state index in [1.165, 1.54) is 0 Å². The van der Waals surface area contributed by atoms with Gasteiger partial charge in [-0.3, -0.25) is 4.79 Å². The van der Waals surface area contributed by atoms with Gasteiger partial charge in [-0.2, -0.15) is 5.26 Å². The Bertz CT molecular complexity index is 1910. The topological polar surface area (TPSA) is 97.4 Å². The van der Waals surface area contributed by atoms with Crippen LogP contribution in [0.1, 0.15) is 36.4 Å². The van der Waals surface area contributed by atoms with Crippen molar-refractivity contribution in [2.75, 3.05) is 59.3 Å². The van der Waals surface area contributed by atoms with Gasteiger partial charge in [-0.15, -0.1) is 5.10 Å². The van der Waals surface area contributed by atoms with Crippen molar-refractivity contribution in [3.05, 3.63) is 58.4 Å². The van der Waals surface area contributed by atoms with Gasteiger partial charge in [0.2, 0.25) is 5.91 Å². The first kappa shape index (κ1) is 32.8. The van der Waals surface area contributed by atoms with E-state index in [0.717, 1.165) is 24.2 Å². The van der Waals surface area contributed by atoms with Crippen molar-refractivity contribution in [1.29, 1.82) is 5.26 Å². The van der Waals surface area contributed by atoms with Gasteiger partial charge in [-0.25, -0.2) is 14.1 Å². The lowest BCUT2D eigenvalue weighted by Gasteiger charge is -2.43. The third kappa shape index (κ3) is 6.06. The molecule has 2 saturated heterocycles. The third-order valence-corrected chi connectivity index (χ3v) is 10.0. The molecule has 0 aliphatic carbocycles. The fraction of sp³-hybridized carbons (Fsp3) is 0.457. The predicted molar refractivity (Wildman–Crippen MR) is 184 cm³/mol. The molecule has 2 atom stereocenters. The maximum atomic E-state index is 16.9. The molecule has 2 aliphatic rings. The van der Waals surface area contributed by atoms with Crippen LogP contribution in [0.4, 0.5) is 10.2 Å². The lowest BCUT2D eigenvalue weighted by Crippen LogP contribution is -2.57. The van der Waals surface area contributed by atoms with E-state index in [4.69, 9.17) is 16.6 Å². The van der Waals surface area contributed by atoms with Gasteiger partial charge in [0.15, 0.2) is 17.2 Å². The van der Waals surface area contributed by atoms with Gasteiger partial charge in [-0.05, 0) is 72.1 Å². The van der Waals surface area contributed by atoms with Crippen LogP contribution in [0.2, 0.25) is 5.02 Å². The van der Waals surface area contributed by atoms with Crippen molar-refractivity contribution in [3.63, 3.8) is 0 Å². The Labute approximate surface area is 280 Å². The van der Waals surface area contributed by atoms with Gasteiger partial charge in [0.05, 0.1) is 23.6 Å². The number of aryl methyl sites for hydroxylation is 2. The number of piperidine rings is 1. The van der Waals surface area contributed by atoms with Crippen LogP contribution in [0.15, 0.2) is 36.4 Å². The number of nitrogens with zero attached hydrogens (tertiary/aromatic N) is 9. The van der Waals surface area contributed by atoms with E-state index >= 15 is 4.39 Å². The van der Waals surface area contributed by atoms with Crippen molar-refractivity contribution in [3.8, 4) is 17.2 Å². The van der Waals surface area contributed by atoms with Crippen LogP contribution >= 0.6 is 11.6 Å². The number of anilines is 1. The number of carbonyl (C=O) groups excluding carboxylic acids is 1. The van der Waals surface area contributed by atoms with Gasteiger partial charge in [-0.1, -0.05) is 41.1 Å². The third-order valence-electron chi connectivity index (χ3n) is 9.55. The van der Waals surface area contributed by atoms with E-state index < -0.39 is 5.82 Å². The van der Waals surface area contributed by atoms with E-state index in [-0.39, 0.29) is 29.9 Å². The zero-order chi connectivity index (χ0) is 33.6. The van der Waals surface area contributed by atoms with Crippen LogP contribution in [0.3, 0.4) is 0 Å². The number of rotatable bonds is 8. The highest BCUT2D eigenvalue weighted by Crippen LogP contribution is 2.42. The van der Waals surface area contributed by atoms with E-state index in [1.54, 1.807) is 11.0 Å². The van der Waals surface area contributed by atoms with Crippen LogP contribution < -0.4 is 4.90 Å². The summed E-state index contributed by atoms with van der Waals surface area (Å²) < 4.78 is 18.8. The fourth-order valence-electron chi connectivity index (χ4n) is 6.81. The minimum absolute atomic E-state index is 0.0980. The Morgan fingerprint density at radius 1 is 1.17 bits per heavy atom. The van der Waals surface area contributed by atoms with Crippen LogP contribution in [-0.4, -0.2) is 107 Å². The molecule has 12 heteroatoms. The summed E-state index contributed by atoms with van der Waals surface area (Å²) in [4.78, 5) is 26.2. The zero-order valence-electron chi connectivity index (χ0n) is 27.8. The van der Waals surface area contributed by atoms with E-state index in [0.29, 0.717) is 70.4 Å². The van der Waals surface area contributed by atoms with Crippen LogP contribution in [0.25, 0.3) is 33.1 Å². The number of nitriles is 1. The molecule has 0 unspecified atom stereocenters. The van der Waals surface area contributed by atoms with Crippen LogP contribution in [0, 0.1) is 31.0 Å². The second-order valence-corrected chi connectivity index (χ2v) is 13.7. The van der Waals surface area contributed by atoms with Gasteiger partial charge in [0.25, 0.3) is 0 Å². The summed E-state index contributed by atoms with van der Waals surface area (Å²) in [5.41, 5.74) is 4.25. The first-order valence-corrected chi connectivity index (χ1v) is 16.4. The quantitative estimate of drug-likeness (QED) is 0.234. The Balaban J connectivity index is 1.47. The van der Waals surface area contributed by atoms with Crippen molar-refractivity contribution in [2.24, 2.45) is 0 Å². The van der Waals surface area contributed by atoms with E-state index in [9.17, 15) is 10.1 Å². The second-order valence-electron chi connectivity index (χ2n) is 13.3. The van der Waals surface area contributed by atoms with Gasteiger partial charge < -0.3 is 19.6 Å². The number of hydrogen-bond donors (Lipinski definition) is 0. The van der Waals surface area contributed by atoms with Crippen molar-refractivity contribution in [2.45, 2.75) is 51.2 Å². The molecule has 246 valence electrons. The first-order chi connectivity index (χ1) is 22.5. The normalized spacial score (nSPS) is 19.0. The molecule has 4 heterocycles. The summed E-state index contributed by atoms with van der Waals surface area (Å²) in [6.07, 6.45) is 4.80. The van der Waals surface area contributed by atoms with Crippen LogP contribution in [0.5, 0.6) is 0 Å². The molecule has 10 nitrogen and oxygen atoms in total. The molecule has 0 bridgehead atoms. The van der Waals surface area contributed by atoms with Gasteiger partial charge >= 0.3 is 0 Å². The largest absolute Gasteiger partial charge is 0.351 e. The molecule has 0 saturated carbocycles. The molecule has 2 aromatic heterocycles. The molecule has 2 aromatic carbocycles. The van der Waals surface area contributed by atoms with Gasteiger partial charge in [0, 0.05) is 60.9 Å². The Morgan fingerprint density at radius 3 is 2.64 bits per heavy atom. The van der Waals surface area contributed by atoms with Gasteiger partial charge in [0.1, 0.15) is 11.0 Å². The molecule has 0 radical (unpaired) electrons. The SMILES string of the molecule is Cc1cccc(-c2c(C)cc3c(nc(N4CC(N(C)C)C4)c4nnn([C@H]5CCN(C(=O)/C=C/CN(C)C)[C@H](CC#N)C5)c43)c2F)c1Cl. The summed E-state index contributed by atoms with van der Waals surface area (Å²) in [5.74, 6) is 0.0766. The standard InChI is InChI=1S/C35H41ClFN9O/c1-21-9-7-10-26(30(21)36)29-22(2)17-27-32(31(29)37)39-35(44-19-25(20-44)43(5)6)33-34(27)46(41-40-33)24-13-16-45(23(18-24)12-14-38)28(47)11-8-15-42(3)4/h7-11,17,23-25H,12-13,15-16,18-20H2,1-6H3/b11-8+/t23-,24+/m1/s1. The summed E-state index contributed by atoms with van der Waals surface area (Å²) >= 11 is 6.72. The molecular formula is C35H41ClFN9O. The highest BCUT2D eigenvalue weighted by molar-refractivity contribution is 6.34. The molecule has 0 N–H and O–H groups in total. The Kier molecular flexibility index (Phi) is 9.20. The minimum atomic E-state index is -0.430. The average Bonchev–Trinajstić information content (AvgIpc) is 3.44. The maximum absolute atomic E-state index is 16.9. The minimum Gasteiger partial charge on any atom is -0.351 e. The number of halogens is 2. The lowest BCUT2D eigenvalue weighted by atomic mass is 9.94. The number of carbonyl (C=O) groups is 1. The first-order valence-electron chi connectivity index (χ1n) is 16.0. The molecule has 4 aromatic rings. The van der Waals surface area contributed by atoms with E-state index in [2.05, 4.69) is 40.3 Å². The maximum Gasteiger partial charge on any atom is 0.246 e. The molecule has 47 heavy (non-hydrogen) atoms. The fourth-order valence-corrected chi connectivity index (χ4v) is 7.03. The predicted octanol–water partition coefficient (Wildman–Crippen LogP) is 5.37. The van der Waals surface area contributed by atoms with Crippen molar-refractivity contribution >= 4 is 45.3 Å². The number of hydrogen-bond acceptors (Lipinski definition) is 8. The molecule has 0 spiro atoms. The average molecular weight is 658 g/mol. The number of fused-ring (bicyclic) bond motifs is 3. The number of likely N-dealkylation sites (N-methyl/N-ethyl adjacent to an activating group) is 2. The Hall–Kier alpha value is -4.11. The number of amides is 1. The molecule has 1 amide bonds. The van der Waals surface area contributed by atoms with E-state index in [1.807, 2.05) is 67.9 Å². The summed E-state index contributed by atoms with van der Waals surface area (Å²) in [6.45, 7) is 6.40. The molecule has 2 fully saturated rings. The summed E-state index contributed by atoms with van der Waals surface area (Å²) in [6, 6.07) is 9.79. The van der Waals surface area contributed by atoms with Crippen LogP contribution in [-0.2, 0) is 4.79 Å². The highest BCUT2D eigenvalue weighted by Gasteiger charge is 2.36. The Morgan fingerprint density at radius 2 is 1.94 bits per heavy atom. The molecule has 6 rings (SSSR count). The second kappa shape index (κ2) is 13.2. The smallest absolute Gasteiger partial charge is 0.246 e. The molecular weight excluding hydrogens is 617 g/mol.